The minimum absolute atomic E-state index is 0.0324. The van der Waals surface area contributed by atoms with Crippen molar-refractivity contribution in [1.29, 1.82) is 0 Å². The summed E-state index contributed by atoms with van der Waals surface area (Å²) in [6.45, 7) is 0.924. The molecule has 2 aliphatic rings. The zero-order valence-corrected chi connectivity index (χ0v) is 21.7. The molecule has 1 aromatic heterocycles. The van der Waals surface area contributed by atoms with Gasteiger partial charge in [0.25, 0.3) is 5.91 Å². The molecule has 0 spiro atoms. The Morgan fingerprint density at radius 2 is 1.71 bits per heavy atom. The van der Waals surface area contributed by atoms with E-state index in [4.69, 9.17) is 4.74 Å². The van der Waals surface area contributed by atoms with Crippen LogP contribution < -0.4 is 10.4 Å². The molecule has 0 aliphatic carbocycles. The van der Waals surface area contributed by atoms with Crippen LogP contribution in [0.3, 0.4) is 0 Å². The van der Waals surface area contributed by atoms with Crippen LogP contribution in [0.25, 0.3) is 11.1 Å². The van der Waals surface area contributed by atoms with Gasteiger partial charge in [-0.3, -0.25) is 19.3 Å². The number of fused-ring (bicyclic) bond motifs is 3. The number of amides is 1. The summed E-state index contributed by atoms with van der Waals surface area (Å²) in [6, 6.07) is 26.1. The number of aromatic hydroxyl groups is 1. The molecule has 1 atom stereocenters. The number of benzene rings is 3. The second-order valence-corrected chi connectivity index (χ2v) is 10.3. The van der Waals surface area contributed by atoms with E-state index in [1.165, 1.54) is 17.2 Å². The molecule has 38 heavy (non-hydrogen) atoms. The highest BCUT2D eigenvalue weighted by Crippen LogP contribution is 2.45. The second kappa shape index (κ2) is 10.0. The van der Waals surface area contributed by atoms with Crippen molar-refractivity contribution in [3.05, 3.63) is 118 Å². The Morgan fingerprint density at radius 1 is 0.947 bits per heavy atom. The number of hydrogen-bond donors (Lipinski definition) is 1. The Kier molecular flexibility index (Phi) is 6.43. The van der Waals surface area contributed by atoms with Gasteiger partial charge in [0, 0.05) is 36.6 Å². The summed E-state index contributed by atoms with van der Waals surface area (Å²) in [6.07, 6.45) is 1.59. The summed E-state index contributed by atoms with van der Waals surface area (Å²) in [5.74, 6) is -0.154. The van der Waals surface area contributed by atoms with Crippen LogP contribution in [0.2, 0.25) is 0 Å². The molecule has 1 unspecified atom stereocenters. The van der Waals surface area contributed by atoms with E-state index in [1.807, 2.05) is 30.3 Å². The summed E-state index contributed by atoms with van der Waals surface area (Å²) in [7, 11) is 1.59. The average molecular weight is 526 g/mol. The molecule has 1 N–H and O–H groups in total. The number of hydrogen-bond acceptors (Lipinski definition) is 6. The lowest BCUT2D eigenvalue weighted by Crippen LogP contribution is -2.56. The molecule has 0 fully saturated rings. The standard InChI is InChI=1S/C30H27N3O4S/c1-37-17-16-31-19-33(32-15-14-25(34)29(35)28(32)30(31)36)27-22-12-7-11-21(20-8-3-2-4-9-20)24(22)18-38-26-13-6-5-10-23(26)27/h2-15,27,35H,16-19H2,1H3. The van der Waals surface area contributed by atoms with Gasteiger partial charge >= 0.3 is 0 Å². The molecule has 2 aliphatic heterocycles. The smallest absolute Gasteiger partial charge is 0.277 e. The van der Waals surface area contributed by atoms with E-state index in [1.54, 1.807) is 34.6 Å². The van der Waals surface area contributed by atoms with Crippen LogP contribution in [0, 0.1) is 0 Å². The Labute approximate surface area is 224 Å². The number of pyridine rings is 1. The first-order chi connectivity index (χ1) is 18.6. The monoisotopic (exact) mass is 525 g/mol. The minimum atomic E-state index is -0.582. The zero-order valence-electron chi connectivity index (χ0n) is 20.9. The van der Waals surface area contributed by atoms with Crippen LogP contribution in [-0.2, 0) is 10.5 Å². The first-order valence-electron chi connectivity index (χ1n) is 12.5. The predicted molar refractivity (Wildman–Crippen MR) is 148 cm³/mol. The lowest BCUT2D eigenvalue weighted by atomic mass is 9.89. The van der Waals surface area contributed by atoms with Gasteiger partial charge in [0.1, 0.15) is 6.67 Å². The maximum atomic E-state index is 13.4. The van der Waals surface area contributed by atoms with Gasteiger partial charge in [-0.15, -0.1) is 11.8 Å². The molecule has 0 bridgehead atoms. The lowest BCUT2D eigenvalue weighted by molar-refractivity contribution is 0.0614. The minimum Gasteiger partial charge on any atom is -0.502 e. The summed E-state index contributed by atoms with van der Waals surface area (Å²) in [4.78, 5) is 28.6. The van der Waals surface area contributed by atoms with Gasteiger partial charge in [0.15, 0.2) is 11.4 Å². The van der Waals surface area contributed by atoms with Crippen molar-refractivity contribution >= 4 is 17.7 Å². The SMILES string of the molecule is COCCN1CN(C2c3ccccc3SCc3c(-c4ccccc4)cccc32)n2ccc(=O)c(O)c2C1=O. The molecule has 3 heterocycles. The van der Waals surface area contributed by atoms with Crippen LogP contribution in [-0.4, -0.2) is 47.5 Å². The molecular weight excluding hydrogens is 498 g/mol. The second-order valence-electron chi connectivity index (χ2n) is 9.33. The largest absolute Gasteiger partial charge is 0.502 e. The van der Waals surface area contributed by atoms with Crippen LogP contribution >= 0.6 is 11.8 Å². The fourth-order valence-electron chi connectivity index (χ4n) is 5.35. The van der Waals surface area contributed by atoms with Crippen molar-refractivity contribution in [2.45, 2.75) is 16.7 Å². The van der Waals surface area contributed by atoms with E-state index in [0.29, 0.717) is 13.2 Å². The maximum absolute atomic E-state index is 13.4. The number of ether oxygens (including phenoxy) is 1. The molecule has 3 aromatic carbocycles. The number of methoxy groups -OCH3 is 1. The topological polar surface area (TPSA) is 75.0 Å². The van der Waals surface area contributed by atoms with Crippen molar-refractivity contribution in [2.24, 2.45) is 0 Å². The van der Waals surface area contributed by atoms with Gasteiger partial charge in [-0.2, -0.15) is 0 Å². The van der Waals surface area contributed by atoms with Gasteiger partial charge in [-0.25, -0.2) is 0 Å². The molecule has 0 saturated heterocycles. The number of carbonyl (C=O) groups excluding carboxylic acids is 1. The number of nitrogens with zero attached hydrogens (tertiary/aromatic N) is 3. The van der Waals surface area contributed by atoms with Crippen molar-refractivity contribution in [3.63, 3.8) is 0 Å². The average Bonchev–Trinajstić information content (AvgIpc) is 3.12. The highest BCUT2D eigenvalue weighted by Gasteiger charge is 2.38. The molecule has 0 saturated carbocycles. The summed E-state index contributed by atoms with van der Waals surface area (Å²) in [5.41, 5.74) is 5.14. The molecular formula is C30H27N3O4S. The Balaban J connectivity index is 1.60. The van der Waals surface area contributed by atoms with E-state index >= 15 is 0 Å². The van der Waals surface area contributed by atoms with Gasteiger partial charge < -0.3 is 14.7 Å². The predicted octanol–water partition coefficient (Wildman–Crippen LogP) is 4.61. The van der Waals surface area contributed by atoms with E-state index in [9.17, 15) is 14.7 Å². The van der Waals surface area contributed by atoms with Crippen molar-refractivity contribution < 1.29 is 14.6 Å². The Morgan fingerprint density at radius 3 is 2.53 bits per heavy atom. The van der Waals surface area contributed by atoms with Crippen LogP contribution in [0.1, 0.15) is 33.2 Å². The summed E-state index contributed by atoms with van der Waals surface area (Å²) < 4.78 is 6.92. The number of carbonyl (C=O) groups is 1. The summed E-state index contributed by atoms with van der Waals surface area (Å²) >= 11 is 1.80. The van der Waals surface area contributed by atoms with Crippen molar-refractivity contribution in [3.8, 4) is 16.9 Å². The highest BCUT2D eigenvalue weighted by molar-refractivity contribution is 7.98. The quantitative estimate of drug-likeness (QED) is 0.410. The molecule has 0 radical (unpaired) electrons. The summed E-state index contributed by atoms with van der Waals surface area (Å²) in [5, 5.41) is 12.8. The maximum Gasteiger partial charge on any atom is 0.277 e. The normalized spacial score (nSPS) is 16.4. The van der Waals surface area contributed by atoms with Crippen molar-refractivity contribution in [1.82, 2.24) is 9.58 Å². The number of aromatic nitrogens is 1. The Bertz CT molecular complexity index is 1570. The van der Waals surface area contributed by atoms with E-state index < -0.39 is 17.1 Å². The third-order valence-corrected chi connectivity index (χ3v) is 8.29. The first kappa shape index (κ1) is 24.3. The fourth-order valence-corrected chi connectivity index (χ4v) is 6.50. The molecule has 4 aromatic rings. The van der Waals surface area contributed by atoms with Gasteiger partial charge in [-0.05, 0) is 33.9 Å². The van der Waals surface area contributed by atoms with E-state index in [2.05, 4.69) is 47.5 Å². The van der Waals surface area contributed by atoms with Gasteiger partial charge in [0.2, 0.25) is 5.43 Å². The Hall–Kier alpha value is -4.01. The third kappa shape index (κ3) is 4.06. The van der Waals surface area contributed by atoms with Crippen LogP contribution in [0.5, 0.6) is 5.75 Å². The molecule has 1 amide bonds. The molecule has 192 valence electrons. The van der Waals surface area contributed by atoms with E-state index in [-0.39, 0.29) is 18.4 Å². The van der Waals surface area contributed by atoms with Gasteiger partial charge in [-0.1, -0.05) is 66.7 Å². The molecule has 8 heteroatoms. The fraction of sp³-hybridized carbons (Fsp3) is 0.200. The van der Waals surface area contributed by atoms with Gasteiger partial charge in [0.05, 0.1) is 12.6 Å². The molecule has 6 rings (SSSR count). The zero-order chi connectivity index (χ0) is 26.2. The number of thioether (sulfide) groups is 1. The van der Waals surface area contributed by atoms with Crippen molar-refractivity contribution in [2.75, 3.05) is 31.9 Å². The third-order valence-electron chi connectivity index (χ3n) is 7.18. The van der Waals surface area contributed by atoms with E-state index in [0.717, 1.165) is 27.3 Å². The first-order valence-corrected chi connectivity index (χ1v) is 13.5. The van der Waals surface area contributed by atoms with Crippen LogP contribution in [0.15, 0.2) is 94.7 Å². The molecule has 7 nitrogen and oxygen atoms in total. The van der Waals surface area contributed by atoms with Crippen LogP contribution in [0.4, 0.5) is 0 Å². The highest BCUT2D eigenvalue weighted by atomic mass is 32.2. The number of rotatable bonds is 5. The lowest BCUT2D eigenvalue weighted by Gasteiger charge is -2.44.